The number of carbonyl (C=O) groups is 1. The third-order valence-electron chi connectivity index (χ3n) is 2.67. The van der Waals surface area contributed by atoms with E-state index in [1.54, 1.807) is 11.3 Å². The zero-order chi connectivity index (χ0) is 15.7. The summed E-state index contributed by atoms with van der Waals surface area (Å²) in [7, 11) is 0. The number of nitrogens with one attached hydrogen (secondary N) is 3. The number of guanidine groups is 1. The van der Waals surface area contributed by atoms with Crippen LogP contribution in [0.3, 0.4) is 0 Å². The summed E-state index contributed by atoms with van der Waals surface area (Å²) in [6.45, 7) is 10.4. The molecule has 118 valence electrons. The minimum absolute atomic E-state index is 0.0252. The molecule has 0 atom stereocenters. The molecule has 0 fully saturated rings. The first-order valence-corrected chi connectivity index (χ1v) is 8.11. The molecule has 0 aliphatic rings. The zero-order valence-electron chi connectivity index (χ0n) is 13.2. The maximum Gasteiger partial charge on any atom is 0.216 e. The van der Waals surface area contributed by atoms with Gasteiger partial charge in [-0.15, -0.1) is 11.3 Å². The second-order valence-corrected chi connectivity index (χ2v) is 5.87. The molecule has 7 heteroatoms. The number of carbonyl (C=O) groups excluding carboxylic acids is 1. The third kappa shape index (κ3) is 7.08. The molecule has 1 rings (SSSR count). The normalized spacial score (nSPS) is 11.6. The van der Waals surface area contributed by atoms with E-state index in [4.69, 9.17) is 0 Å². The van der Waals surface area contributed by atoms with Crippen LogP contribution in [0.2, 0.25) is 0 Å². The first kappa shape index (κ1) is 17.4. The molecule has 0 bridgehead atoms. The maximum atomic E-state index is 10.8. The summed E-state index contributed by atoms with van der Waals surface area (Å²) >= 11 is 1.64. The second kappa shape index (κ2) is 9.33. The van der Waals surface area contributed by atoms with Crippen molar-refractivity contribution in [3.8, 4) is 0 Å². The van der Waals surface area contributed by atoms with Crippen LogP contribution in [0.4, 0.5) is 0 Å². The Bertz CT molecular complexity index is 470. The van der Waals surface area contributed by atoms with Gasteiger partial charge in [-0.1, -0.05) is 13.8 Å². The fraction of sp³-hybridized carbons (Fsp3) is 0.643. The van der Waals surface area contributed by atoms with Gasteiger partial charge in [0.05, 0.1) is 12.2 Å². The second-order valence-electron chi connectivity index (χ2n) is 4.93. The van der Waals surface area contributed by atoms with Crippen LogP contribution in [-0.4, -0.2) is 36.5 Å². The molecule has 3 N–H and O–H groups in total. The lowest BCUT2D eigenvalue weighted by atomic mass is 10.2. The Morgan fingerprint density at radius 1 is 1.33 bits per heavy atom. The number of hydrogen-bond donors (Lipinski definition) is 3. The molecule has 0 saturated heterocycles. The summed E-state index contributed by atoms with van der Waals surface area (Å²) < 4.78 is 0. The molecule has 1 heterocycles. The van der Waals surface area contributed by atoms with E-state index in [1.807, 2.05) is 6.92 Å². The highest BCUT2D eigenvalue weighted by Gasteiger charge is 2.05. The average Bonchev–Trinajstić information content (AvgIpc) is 2.89. The largest absolute Gasteiger partial charge is 0.357 e. The molecule has 1 aromatic rings. The topological polar surface area (TPSA) is 78.4 Å². The Labute approximate surface area is 130 Å². The van der Waals surface area contributed by atoms with E-state index < -0.39 is 0 Å². The number of aliphatic imine (C=N–C) groups is 1. The highest BCUT2D eigenvalue weighted by atomic mass is 32.1. The summed E-state index contributed by atoms with van der Waals surface area (Å²) in [5, 5.41) is 12.2. The van der Waals surface area contributed by atoms with Crippen molar-refractivity contribution in [2.75, 3.05) is 19.6 Å². The monoisotopic (exact) mass is 311 g/mol. The predicted octanol–water partition coefficient (Wildman–Crippen LogP) is 1.46. The van der Waals surface area contributed by atoms with Crippen molar-refractivity contribution < 1.29 is 4.79 Å². The molecule has 1 aromatic heterocycles. The SMILES string of the molecule is CCNC(=NCc1nc(C(C)C)cs1)NCCNC(C)=O. The fourth-order valence-electron chi connectivity index (χ4n) is 1.57. The molecule has 21 heavy (non-hydrogen) atoms. The molecule has 6 nitrogen and oxygen atoms in total. The van der Waals surface area contributed by atoms with Crippen LogP contribution >= 0.6 is 11.3 Å². The van der Waals surface area contributed by atoms with Crippen molar-refractivity contribution >= 4 is 23.2 Å². The number of nitrogens with zero attached hydrogens (tertiary/aromatic N) is 2. The molecule has 1 amide bonds. The zero-order valence-corrected chi connectivity index (χ0v) is 14.0. The maximum absolute atomic E-state index is 10.8. The number of hydrogen-bond acceptors (Lipinski definition) is 4. The standard InChI is InChI=1S/C14H25N5OS/c1-5-15-14(17-7-6-16-11(4)20)18-8-13-19-12(9-21-13)10(2)3/h9-10H,5-8H2,1-4H3,(H,16,20)(H2,15,17,18). The molecule has 0 aromatic carbocycles. The van der Waals surface area contributed by atoms with Crippen LogP contribution in [0.1, 0.15) is 44.3 Å². The van der Waals surface area contributed by atoms with Gasteiger partial charge in [-0.25, -0.2) is 9.98 Å². The van der Waals surface area contributed by atoms with Gasteiger partial charge >= 0.3 is 0 Å². The van der Waals surface area contributed by atoms with E-state index in [9.17, 15) is 4.79 Å². The lowest BCUT2D eigenvalue weighted by Gasteiger charge is -2.10. The van der Waals surface area contributed by atoms with E-state index in [1.165, 1.54) is 6.92 Å². The summed E-state index contributed by atoms with van der Waals surface area (Å²) in [4.78, 5) is 19.9. The van der Waals surface area contributed by atoms with Crippen molar-refractivity contribution in [2.24, 2.45) is 4.99 Å². The van der Waals surface area contributed by atoms with E-state index in [0.717, 1.165) is 23.2 Å². The minimum Gasteiger partial charge on any atom is -0.357 e. The quantitative estimate of drug-likeness (QED) is 0.405. The van der Waals surface area contributed by atoms with Gasteiger partial charge in [0.2, 0.25) is 5.91 Å². The van der Waals surface area contributed by atoms with Crippen molar-refractivity contribution in [1.29, 1.82) is 0 Å². The minimum atomic E-state index is -0.0252. The number of rotatable bonds is 7. The van der Waals surface area contributed by atoms with Crippen LogP contribution < -0.4 is 16.0 Å². The molecule has 0 aliphatic carbocycles. The van der Waals surface area contributed by atoms with Gasteiger partial charge in [-0.2, -0.15) is 0 Å². The average molecular weight is 311 g/mol. The number of amides is 1. The van der Waals surface area contributed by atoms with Gasteiger partial charge in [0.15, 0.2) is 5.96 Å². The molecule has 0 aliphatic heterocycles. The lowest BCUT2D eigenvalue weighted by Crippen LogP contribution is -2.41. The number of thiazole rings is 1. The van der Waals surface area contributed by atoms with Crippen LogP contribution in [-0.2, 0) is 11.3 Å². The van der Waals surface area contributed by atoms with Crippen molar-refractivity contribution in [2.45, 2.75) is 40.2 Å². The third-order valence-corrected chi connectivity index (χ3v) is 3.52. The van der Waals surface area contributed by atoms with Gasteiger partial charge in [-0.3, -0.25) is 4.79 Å². The Morgan fingerprint density at radius 3 is 2.62 bits per heavy atom. The highest BCUT2D eigenvalue weighted by Crippen LogP contribution is 2.18. The van der Waals surface area contributed by atoms with Gasteiger partial charge in [0.1, 0.15) is 5.01 Å². The van der Waals surface area contributed by atoms with E-state index in [2.05, 4.69) is 45.2 Å². The smallest absolute Gasteiger partial charge is 0.216 e. The van der Waals surface area contributed by atoms with Crippen molar-refractivity contribution in [3.05, 3.63) is 16.1 Å². The van der Waals surface area contributed by atoms with Crippen LogP contribution in [0, 0.1) is 0 Å². The van der Waals surface area contributed by atoms with Gasteiger partial charge < -0.3 is 16.0 Å². The molecule has 0 saturated carbocycles. The number of aromatic nitrogens is 1. The van der Waals surface area contributed by atoms with Crippen molar-refractivity contribution in [1.82, 2.24) is 20.9 Å². The Balaban J connectivity index is 2.47. The molecular weight excluding hydrogens is 286 g/mol. The lowest BCUT2D eigenvalue weighted by molar-refractivity contribution is -0.118. The Hall–Kier alpha value is -1.63. The molecular formula is C14H25N5OS. The fourth-order valence-corrected chi connectivity index (χ4v) is 2.45. The highest BCUT2D eigenvalue weighted by molar-refractivity contribution is 7.09. The van der Waals surface area contributed by atoms with Crippen LogP contribution in [0.25, 0.3) is 0 Å². The van der Waals surface area contributed by atoms with E-state index >= 15 is 0 Å². The Morgan fingerprint density at radius 2 is 2.05 bits per heavy atom. The first-order chi connectivity index (χ1) is 10.0. The van der Waals surface area contributed by atoms with Crippen LogP contribution in [0.5, 0.6) is 0 Å². The van der Waals surface area contributed by atoms with E-state index in [-0.39, 0.29) is 5.91 Å². The predicted molar refractivity (Wildman–Crippen MR) is 87.7 cm³/mol. The van der Waals surface area contributed by atoms with Gasteiger partial charge in [-0.05, 0) is 12.8 Å². The van der Waals surface area contributed by atoms with Gasteiger partial charge in [0.25, 0.3) is 0 Å². The molecule has 0 unspecified atom stereocenters. The Kier molecular flexibility index (Phi) is 7.74. The summed E-state index contributed by atoms with van der Waals surface area (Å²) in [5.74, 6) is 1.16. The first-order valence-electron chi connectivity index (χ1n) is 7.23. The summed E-state index contributed by atoms with van der Waals surface area (Å²) in [6.07, 6.45) is 0. The molecule has 0 radical (unpaired) electrons. The van der Waals surface area contributed by atoms with Gasteiger partial charge in [0, 0.05) is 31.9 Å². The molecule has 0 spiro atoms. The van der Waals surface area contributed by atoms with Crippen LogP contribution in [0.15, 0.2) is 10.4 Å². The van der Waals surface area contributed by atoms with Crippen molar-refractivity contribution in [3.63, 3.8) is 0 Å². The summed E-state index contributed by atoms with van der Waals surface area (Å²) in [5.41, 5.74) is 1.12. The van der Waals surface area contributed by atoms with E-state index in [0.29, 0.717) is 25.6 Å². The summed E-state index contributed by atoms with van der Waals surface area (Å²) in [6, 6.07) is 0.